The molecular weight excluding hydrogens is 242 g/mol. The standard InChI is InChI=1S/C13H19N5O/c1-5-11-9(3)12(17(4)16-11)15-13(19)10-7-14-18(6-2)8-10/h7-8H,5-6H2,1-4H3,(H,15,19). The van der Waals surface area contributed by atoms with Crippen molar-refractivity contribution in [2.75, 3.05) is 5.32 Å². The summed E-state index contributed by atoms with van der Waals surface area (Å²) in [6.07, 6.45) is 4.16. The minimum Gasteiger partial charge on any atom is -0.306 e. The molecule has 0 aliphatic carbocycles. The molecule has 0 saturated heterocycles. The third kappa shape index (κ3) is 2.52. The van der Waals surface area contributed by atoms with Gasteiger partial charge in [0.15, 0.2) is 0 Å². The lowest BCUT2D eigenvalue weighted by molar-refractivity contribution is 0.102. The molecule has 2 heterocycles. The zero-order valence-electron chi connectivity index (χ0n) is 11.8. The molecule has 0 aliphatic rings. The highest BCUT2D eigenvalue weighted by molar-refractivity contribution is 6.03. The summed E-state index contributed by atoms with van der Waals surface area (Å²) in [7, 11) is 1.83. The zero-order chi connectivity index (χ0) is 14.0. The quantitative estimate of drug-likeness (QED) is 0.912. The number of nitrogens with one attached hydrogen (secondary N) is 1. The molecule has 1 amide bonds. The van der Waals surface area contributed by atoms with Gasteiger partial charge in [-0.05, 0) is 20.3 Å². The molecule has 0 unspecified atom stereocenters. The Morgan fingerprint density at radius 2 is 2.16 bits per heavy atom. The van der Waals surface area contributed by atoms with Crippen LogP contribution in [-0.2, 0) is 20.0 Å². The number of anilines is 1. The highest BCUT2D eigenvalue weighted by Gasteiger charge is 2.15. The van der Waals surface area contributed by atoms with Gasteiger partial charge in [0.25, 0.3) is 5.91 Å². The van der Waals surface area contributed by atoms with E-state index in [-0.39, 0.29) is 5.91 Å². The molecule has 2 rings (SSSR count). The van der Waals surface area contributed by atoms with Gasteiger partial charge in [-0.1, -0.05) is 6.92 Å². The Bertz CT molecular complexity index is 596. The molecule has 1 N–H and O–H groups in total. The third-order valence-corrected chi connectivity index (χ3v) is 3.17. The summed E-state index contributed by atoms with van der Waals surface area (Å²) in [6.45, 7) is 6.74. The number of carbonyl (C=O) groups is 1. The molecule has 0 aliphatic heterocycles. The molecule has 0 aromatic carbocycles. The van der Waals surface area contributed by atoms with Gasteiger partial charge in [-0.3, -0.25) is 14.2 Å². The summed E-state index contributed by atoms with van der Waals surface area (Å²) in [5, 5.41) is 11.4. The van der Waals surface area contributed by atoms with Gasteiger partial charge in [-0.25, -0.2) is 0 Å². The largest absolute Gasteiger partial charge is 0.306 e. The minimum absolute atomic E-state index is 0.159. The van der Waals surface area contributed by atoms with Crippen LogP contribution in [-0.4, -0.2) is 25.5 Å². The van der Waals surface area contributed by atoms with Crippen molar-refractivity contribution in [1.82, 2.24) is 19.6 Å². The summed E-state index contributed by atoms with van der Waals surface area (Å²) in [5.74, 6) is 0.583. The first kappa shape index (κ1) is 13.3. The molecule has 102 valence electrons. The first-order chi connectivity index (χ1) is 9.06. The number of aryl methyl sites for hydroxylation is 3. The fourth-order valence-corrected chi connectivity index (χ4v) is 2.03. The Morgan fingerprint density at radius 3 is 2.68 bits per heavy atom. The van der Waals surface area contributed by atoms with E-state index in [0.717, 1.165) is 30.0 Å². The molecule has 0 spiro atoms. The van der Waals surface area contributed by atoms with Crippen molar-refractivity contribution in [2.24, 2.45) is 7.05 Å². The fraction of sp³-hybridized carbons (Fsp3) is 0.462. The maximum atomic E-state index is 12.1. The van der Waals surface area contributed by atoms with Gasteiger partial charge in [0.1, 0.15) is 5.82 Å². The second kappa shape index (κ2) is 5.26. The average molecular weight is 261 g/mol. The van der Waals surface area contributed by atoms with E-state index in [1.54, 1.807) is 21.8 Å². The Hall–Kier alpha value is -2.11. The van der Waals surface area contributed by atoms with Crippen molar-refractivity contribution < 1.29 is 4.79 Å². The highest BCUT2D eigenvalue weighted by atomic mass is 16.1. The van der Waals surface area contributed by atoms with Gasteiger partial charge < -0.3 is 5.32 Å². The van der Waals surface area contributed by atoms with E-state index in [1.165, 1.54) is 0 Å². The molecule has 0 saturated carbocycles. The van der Waals surface area contributed by atoms with Crippen molar-refractivity contribution in [1.29, 1.82) is 0 Å². The lowest BCUT2D eigenvalue weighted by atomic mass is 10.2. The maximum absolute atomic E-state index is 12.1. The normalized spacial score (nSPS) is 10.7. The topological polar surface area (TPSA) is 64.7 Å². The predicted molar refractivity (Wildman–Crippen MR) is 73.2 cm³/mol. The van der Waals surface area contributed by atoms with Gasteiger partial charge in [-0.2, -0.15) is 10.2 Å². The summed E-state index contributed by atoms with van der Waals surface area (Å²) >= 11 is 0. The molecule has 0 bridgehead atoms. The van der Waals surface area contributed by atoms with E-state index in [2.05, 4.69) is 15.5 Å². The third-order valence-electron chi connectivity index (χ3n) is 3.17. The van der Waals surface area contributed by atoms with Crippen LogP contribution in [0.25, 0.3) is 0 Å². The van der Waals surface area contributed by atoms with Crippen LogP contribution in [0.5, 0.6) is 0 Å². The SMILES string of the molecule is CCc1nn(C)c(NC(=O)c2cnn(CC)c2)c1C. The number of hydrogen-bond donors (Lipinski definition) is 1. The van der Waals surface area contributed by atoms with Crippen molar-refractivity contribution in [3.05, 3.63) is 29.2 Å². The number of rotatable bonds is 4. The summed E-state index contributed by atoms with van der Waals surface area (Å²) in [4.78, 5) is 12.1. The summed E-state index contributed by atoms with van der Waals surface area (Å²) in [6, 6.07) is 0. The van der Waals surface area contributed by atoms with Crippen LogP contribution in [0.4, 0.5) is 5.82 Å². The maximum Gasteiger partial charge on any atom is 0.260 e. The number of nitrogens with zero attached hydrogens (tertiary/aromatic N) is 4. The van der Waals surface area contributed by atoms with Crippen molar-refractivity contribution >= 4 is 11.7 Å². The number of hydrogen-bond acceptors (Lipinski definition) is 3. The molecule has 0 radical (unpaired) electrons. The number of carbonyl (C=O) groups excluding carboxylic acids is 1. The van der Waals surface area contributed by atoms with Crippen LogP contribution < -0.4 is 5.32 Å². The van der Waals surface area contributed by atoms with Crippen molar-refractivity contribution in [2.45, 2.75) is 33.7 Å². The molecule has 6 heteroatoms. The van der Waals surface area contributed by atoms with Crippen LogP contribution in [0.2, 0.25) is 0 Å². The number of aromatic nitrogens is 4. The average Bonchev–Trinajstić information content (AvgIpc) is 2.98. The number of amides is 1. The fourth-order valence-electron chi connectivity index (χ4n) is 2.03. The van der Waals surface area contributed by atoms with Crippen LogP contribution in [0.15, 0.2) is 12.4 Å². The molecular formula is C13H19N5O. The minimum atomic E-state index is -0.159. The lowest BCUT2D eigenvalue weighted by Gasteiger charge is -2.05. The van der Waals surface area contributed by atoms with E-state index in [0.29, 0.717) is 5.56 Å². The van der Waals surface area contributed by atoms with E-state index >= 15 is 0 Å². The summed E-state index contributed by atoms with van der Waals surface area (Å²) in [5.41, 5.74) is 2.57. The van der Waals surface area contributed by atoms with Crippen LogP contribution in [0, 0.1) is 6.92 Å². The first-order valence-electron chi connectivity index (χ1n) is 6.43. The van der Waals surface area contributed by atoms with E-state index in [1.807, 2.05) is 27.8 Å². The van der Waals surface area contributed by atoms with E-state index < -0.39 is 0 Å². The molecule has 6 nitrogen and oxygen atoms in total. The molecule has 19 heavy (non-hydrogen) atoms. The Labute approximate surface area is 112 Å². The van der Waals surface area contributed by atoms with Gasteiger partial charge >= 0.3 is 0 Å². The molecule has 0 atom stereocenters. The van der Waals surface area contributed by atoms with Crippen molar-refractivity contribution in [3.8, 4) is 0 Å². The monoisotopic (exact) mass is 261 g/mol. The zero-order valence-corrected chi connectivity index (χ0v) is 11.8. The van der Waals surface area contributed by atoms with Crippen LogP contribution in [0.1, 0.15) is 35.5 Å². The Morgan fingerprint density at radius 1 is 1.42 bits per heavy atom. The second-order valence-corrected chi connectivity index (χ2v) is 4.44. The summed E-state index contributed by atoms with van der Waals surface area (Å²) < 4.78 is 3.43. The van der Waals surface area contributed by atoms with Crippen LogP contribution in [0.3, 0.4) is 0 Å². The lowest BCUT2D eigenvalue weighted by Crippen LogP contribution is -2.14. The Kier molecular flexibility index (Phi) is 3.69. The molecule has 2 aromatic rings. The Balaban J connectivity index is 2.21. The van der Waals surface area contributed by atoms with Crippen LogP contribution >= 0.6 is 0 Å². The first-order valence-corrected chi connectivity index (χ1v) is 6.43. The second-order valence-electron chi connectivity index (χ2n) is 4.44. The molecule has 0 fully saturated rings. The van der Waals surface area contributed by atoms with E-state index in [4.69, 9.17) is 0 Å². The predicted octanol–water partition coefficient (Wildman–Crippen LogP) is 1.76. The highest BCUT2D eigenvalue weighted by Crippen LogP contribution is 2.19. The van der Waals surface area contributed by atoms with Gasteiger partial charge in [-0.15, -0.1) is 0 Å². The van der Waals surface area contributed by atoms with Gasteiger partial charge in [0.2, 0.25) is 0 Å². The van der Waals surface area contributed by atoms with Gasteiger partial charge in [0.05, 0.1) is 17.5 Å². The van der Waals surface area contributed by atoms with Crippen molar-refractivity contribution in [3.63, 3.8) is 0 Å². The van der Waals surface area contributed by atoms with Gasteiger partial charge in [0, 0.05) is 25.4 Å². The van der Waals surface area contributed by atoms with E-state index in [9.17, 15) is 4.79 Å². The molecule has 2 aromatic heterocycles. The smallest absolute Gasteiger partial charge is 0.260 e.